The highest BCUT2D eigenvalue weighted by Crippen LogP contribution is 2.29. The van der Waals surface area contributed by atoms with E-state index in [1.54, 1.807) is 0 Å². The van der Waals surface area contributed by atoms with Gasteiger partial charge in [0, 0.05) is 6.54 Å². The van der Waals surface area contributed by atoms with Gasteiger partial charge in [0.15, 0.2) is 11.6 Å². The number of nitrogens with one attached hydrogen (secondary N) is 1. The normalized spacial score (nSPS) is 14.9. The second-order valence-corrected chi connectivity index (χ2v) is 3.92. The molecular formula is C11H11F2NO2. The molecule has 1 aromatic carbocycles. The van der Waals surface area contributed by atoms with E-state index in [4.69, 9.17) is 5.11 Å². The topological polar surface area (TPSA) is 49.3 Å². The molecular weight excluding hydrogens is 216 g/mol. The average Bonchev–Trinajstić information content (AvgIpc) is 3.03. The van der Waals surface area contributed by atoms with Crippen molar-refractivity contribution in [3.63, 3.8) is 0 Å². The van der Waals surface area contributed by atoms with Crippen molar-refractivity contribution in [3.05, 3.63) is 29.3 Å². The van der Waals surface area contributed by atoms with Crippen LogP contribution in [0.25, 0.3) is 0 Å². The van der Waals surface area contributed by atoms with Gasteiger partial charge in [-0.15, -0.1) is 0 Å². The molecule has 1 aliphatic carbocycles. The van der Waals surface area contributed by atoms with Gasteiger partial charge >= 0.3 is 5.97 Å². The third-order valence-corrected chi connectivity index (χ3v) is 2.59. The molecule has 5 heteroatoms. The van der Waals surface area contributed by atoms with Crippen molar-refractivity contribution in [2.45, 2.75) is 12.8 Å². The van der Waals surface area contributed by atoms with Gasteiger partial charge in [-0.2, -0.15) is 0 Å². The SMILES string of the molecule is O=C(O)c1ccc(NCC2CC2)c(F)c1F. The molecule has 0 heterocycles. The number of carbonyl (C=O) groups is 1. The van der Waals surface area contributed by atoms with Gasteiger partial charge in [-0.05, 0) is 30.9 Å². The highest BCUT2D eigenvalue weighted by Gasteiger charge is 2.22. The zero-order valence-corrected chi connectivity index (χ0v) is 8.46. The standard InChI is InChI=1S/C11H11F2NO2/c12-9-7(11(15)16)3-4-8(10(9)13)14-5-6-1-2-6/h3-4,6,14H,1-2,5H2,(H,15,16). The van der Waals surface area contributed by atoms with Crippen molar-refractivity contribution in [1.29, 1.82) is 0 Å². The quantitative estimate of drug-likeness (QED) is 0.830. The maximum atomic E-state index is 13.4. The van der Waals surface area contributed by atoms with Crippen molar-refractivity contribution < 1.29 is 18.7 Å². The lowest BCUT2D eigenvalue weighted by Gasteiger charge is -2.08. The van der Waals surface area contributed by atoms with E-state index in [0.717, 1.165) is 18.9 Å². The van der Waals surface area contributed by atoms with Crippen LogP contribution in [0, 0.1) is 17.6 Å². The molecule has 0 aliphatic heterocycles. The lowest BCUT2D eigenvalue weighted by molar-refractivity contribution is 0.0690. The summed E-state index contributed by atoms with van der Waals surface area (Å²) in [6.07, 6.45) is 2.20. The van der Waals surface area contributed by atoms with Crippen LogP contribution in [-0.2, 0) is 0 Å². The molecule has 2 N–H and O–H groups in total. The smallest absolute Gasteiger partial charge is 0.338 e. The molecule has 86 valence electrons. The zero-order chi connectivity index (χ0) is 11.7. The summed E-state index contributed by atoms with van der Waals surface area (Å²) in [7, 11) is 0. The summed E-state index contributed by atoms with van der Waals surface area (Å²) in [6.45, 7) is 0.600. The molecule has 0 spiro atoms. The second-order valence-electron chi connectivity index (χ2n) is 3.92. The summed E-state index contributed by atoms with van der Waals surface area (Å²) >= 11 is 0. The molecule has 0 bridgehead atoms. The first-order valence-electron chi connectivity index (χ1n) is 5.04. The van der Waals surface area contributed by atoms with E-state index in [9.17, 15) is 13.6 Å². The fourth-order valence-corrected chi connectivity index (χ4v) is 1.43. The Balaban J connectivity index is 2.19. The number of hydrogen-bond acceptors (Lipinski definition) is 2. The number of carboxylic acid groups (broad SMARTS) is 1. The molecule has 3 nitrogen and oxygen atoms in total. The van der Waals surface area contributed by atoms with E-state index in [1.807, 2.05) is 0 Å². The first-order valence-corrected chi connectivity index (χ1v) is 5.04. The molecule has 16 heavy (non-hydrogen) atoms. The minimum absolute atomic E-state index is 0.0226. The van der Waals surface area contributed by atoms with Crippen molar-refractivity contribution >= 4 is 11.7 Å². The van der Waals surface area contributed by atoms with Crippen LogP contribution in [0.1, 0.15) is 23.2 Å². The molecule has 0 saturated heterocycles. The Labute approximate surface area is 91.1 Å². The van der Waals surface area contributed by atoms with Crippen LogP contribution in [0.5, 0.6) is 0 Å². The molecule has 1 saturated carbocycles. The Morgan fingerprint density at radius 2 is 2.06 bits per heavy atom. The molecule has 1 aromatic rings. The van der Waals surface area contributed by atoms with Gasteiger partial charge in [0.05, 0.1) is 11.3 Å². The van der Waals surface area contributed by atoms with E-state index < -0.39 is 23.2 Å². The van der Waals surface area contributed by atoms with Crippen molar-refractivity contribution in [2.24, 2.45) is 5.92 Å². The number of anilines is 1. The predicted molar refractivity (Wildman–Crippen MR) is 54.5 cm³/mol. The van der Waals surface area contributed by atoms with E-state index in [-0.39, 0.29) is 5.69 Å². The molecule has 0 unspecified atom stereocenters. The monoisotopic (exact) mass is 227 g/mol. The van der Waals surface area contributed by atoms with Crippen molar-refractivity contribution in [1.82, 2.24) is 0 Å². The van der Waals surface area contributed by atoms with Crippen LogP contribution < -0.4 is 5.32 Å². The summed E-state index contributed by atoms with van der Waals surface area (Å²) in [6, 6.07) is 2.32. The molecule has 0 radical (unpaired) electrons. The van der Waals surface area contributed by atoms with Gasteiger partial charge < -0.3 is 10.4 Å². The number of hydrogen-bond donors (Lipinski definition) is 2. The molecule has 0 aromatic heterocycles. The molecule has 0 atom stereocenters. The molecule has 1 fully saturated rings. The number of benzene rings is 1. The van der Waals surface area contributed by atoms with E-state index >= 15 is 0 Å². The predicted octanol–water partition coefficient (Wildman–Crippen LogP) is 2.48. The minimum Gasteiger partial charge on any atom is -0.478 e. The van der Waals surface area contributed by atoms with Gasteiger partial charge in [-0.1, -0.05) is 0 Å². The summed E-state index contributed by atoms with van der Waals surface area (Å²) < 4.78 is 26.6. The lowest BCUT2D eigenvalue weighted by atomic mass is 10.2. The van der Waals surface area contributed by atoms with Gasteiger partial charge in [-0.25, -0.2) is 13.6 Å². The maximum Gasteiger partial charge on any atom is 0.338 e. The van der Waals surface area contributed by atoms with E-state index in [0.29, 0.717) is 12.5 Å². The maximum absolute atomic E-state index is 13.4. The fourth-order valence-electron chi connectivity index (χ4n) is 1.43. The summed E-state index contributed by atoms with van der Waals surface area (Å²) in [5.74, 6) is -3.37. The number of rotatable bonds is 4. The largest absolute Gasteiger partial charge is 0.478 e. The second kappa shape index (κ2) is 4.08. The van der Waals surface area contributed by atoms with Crippen LogP contribution in [0.15, 0.2) is 12.1 Å². The highest BCUT2D eigenvalue weighted by atomic mass is 19.2. The van der Waals surface area contributed by atoms with Crippen LogP contribution >= 0.6 is 0 Å². The van der Waals surface area contributed by atoms with E-state index in [2.05, 4.69) is 5.32 Å². The van der Waals surface area contributed by atoms with Crippen LogP contribution in [0.2, 0.25) is 0 Å². The molecule has 1 aliphatic rings. The Kier molecular flexibility index (Phi) is 2.77. The summed E-state index contributed by atoms with van der Waals surface area (Å²) in [5.41, 5.74) is -0.621. The minimum atomic E-state index is -1.47. The van der Waals surface area contributed by atoms with Crippen LogP contribution in [-0.4, -0.2) is 17.6 Å². The zero-order valence-electron chi connectivity index (χ0n) is 8.46. The van der Waals surface area contributed by atoms with Crippen molar-refractivity contribution in [3.8, 4) is 0 Å². The van der Waals surface area contributed by atoms with Crippen molar-refractivity contribution in [2.75, 3.05) is 11.9 Å². The summed E-state index contributed by atoms with van der Waals surface area (Å²) in [5, 5.41) is 11.4. The van der Waals surface area contributed by atoms with Gasteiger partial charge in [0.2, 0.25) is 0 Å². The number of halogens is 2. The Bertz CT molecular complexity index is 430. The average molecular weight is 227 g/mol. The molecule has 0 amide bonds. The third kappa shape index (κ3) is 2.13. The third-order valence-electron chi connectivity index (χ3n) is 2.59. The van der Waals surface area contributed by atoms with Crippen LogP contribution in [0.4, 0.5) is 14.5 Å². The Hall–Kier alpha value is -1.65. The lowest BCUT2D eigenvalue weighted by Crippen LogP contribution is -2.09. The Morgan fingerprint density at radius 3 is 2.62 bits per heavy atom. The number of aromatic carboxylic acids is 1. The summed E-state index contributed by atoms with van der Waals surface area (Å²) in [4.78, 5) is 10.5. The highest BCUT2D eigenvalue weighted by molar-refractivity contribution is 5.88. The van der Waals surface area contributed by atoms with Gasteiger partial charge in [0.25, 0.3) is 0 Å². The Morgan fingerprint density at radius 1 is 1.38 bits per heavy atom. The number of carboxylic acids is 1. The van der Waals surface area contributed by atoms with Crippen LogP contribution in [0.3, 0.4) is 0 Å². The van der Waals surface area contributed by atoms with Gasteiger partial charge in [-0.3, -0.25) is 0 Å². The first-order chi connectivity index (χ1) is 7.59. The van der Waals surface area contributed by atoms with Gasteiger partial charge in [0.1, 0.15) is 0 Å². The van der Waals surface area contributed by atoms with E-state index in [1.165, 1.54) is 6.07 Å². The first kappa shape index (κ1) is 10.9. The fraction of sp³-hybridized carbons (Fsp3) is 0.364. The molecule has 2 rings (SSSR count).